The zero-order valence-electron chi connectivity index (χ0n) is 16.3. The van der Waals surface area contributed by atoms with Gasteiger partial charge in [-0.2, -0.15) is 0 Å². The molecule has 3 heterocycles. The average Bonchev–Trinajstić information content (AvgIpc) is 3.58. The number of carbonyl (C=O) groups excluding carboxylic acids is 1. The van der Waals surface area contributed by atoms with Gasteiger partial charge in [0, 0.05) is 41.2 Å². The highest BCUT2D eigenvalue weighted by Crippen LogP contribution is 2.34. The molecule has 7 nitrogen and oxygen atoms in total. The van der Waals surface area contributed by atoms with E-state index in [9.17, 15) is 4.79 Å². The van der Waals surface area contributed by atoms with E-state index in [0.717, 1.165) is 11.1 Å². The number of aromatic nitrogens is 4. The standard InChI is InChI=1S/C21H22N6OS/c1-21(2,17-9-11-23-20(25-17)27-29-16-6-7-16)19(28)26-18-8-5-15(13-24-18)14-4-3-10-22-12-14/h3-5,8-13,16H,6-7H2,1-2H3,(H,23,25,27)(H,24,26,28). The van der Waals surface area contributed by atoms with Crippen LogP contribution in [0.5, 0.6) is 0 Å². The Morgan fingerprint density at radius 3 is 2.59 bits per heavy atom. The van der Waals surface area contributed by atoms with Crippen molar-refractivity contribution in [3.8, 4) is 11.1 Å². The van der Waals surface area contributed by atoms with Crippen LogP contribution >= 0.6 is 11.9 Å². The van der Waals surface area contributed by atoms with Crippen LogP contribution in [0.4, 0.5) is 11.8 Å². The Balaban J connectivity index is 1.44. The molecule has 1 aliphatic carbocycles. The maximum Gasteiger partial charge on any atom is 0.237 e. The van der Waals surface area contributed by atoms with Gasteiger partial charge in [0.05, 0.1) is 11.1 Å². The van der Waals surface area contributed by atoms with Crippen molar-refractivity contribution < 1.29 is 4.79 Å². The van der Waals surface area contributed by atoms with E-state index < -0.39 is 5.41 Å². The summed E-state index contributed by atoms with van der Waals surface area (Å²) in [4.78, 5) is 30.2. The molecule has 0 saturated heterocycles. The Morgan fingerprint density at radius 1 is 1.07 bits per heavy atom. The third kappa shape index (κ3) is 4.71. The lowest BCUT2D eigenvalue weighted by Crippen LogP contribution is -2.36. The summed E-state index contributed by atoms with van der Waals surface area (Å²) in [5.74, 6) is 0.838. The van der Waals surface area contributed by atoms with Gasteiger partial charge in [0.2, 0.25) is 11.9 Å². The SMILES string of the molecule is CC(C)(C(=O)Nc1ccc(-c2cccnc2)cn1)c1ccnc(NSC2CC2)n1. The second-order valence-corrected chi connectivity index (χ2v) is 8.54. The topological polar surface area (TPSA) is 92.7 Å². The molecule has 1 saturated carbocycles. The van der Waals surface area contributed by atoms with Crippen LogP contribution in [-0.4, -0.2) is 31.1 Å². The highest BCUT2D eigenvalue weighted by atomic mass is 32.2. The van der Waals surface area contributed by atoms with E-state index in [1.807, 2.05) is 32.0 Å². The minimum atomic E-state index is -0.840. The monoisotopic (exact) mass is 406 g/mol. The maximum atomic E-state index is 12.9. The molecule has 148 valence electrons. The van der Waals surface area contributed by atoms with Gasteiger partial charge in [0.15, 0.2) is 0 Å². The van der Waals surface area contributed by atoms with E-state index >= 15 is 0 Å². The molecule has 0 spiro atoms. The van der Waals surface area contributed by atoms with Crippen LogP contribution in [0, 0.1) is 0 Å². The van der Waals surface area contributed by atoms with Crippen LogP contribution in [0.15, 0.2) is 55.1 Å². The molecule has 8 heteroatoms. The van der Waals surface area contributed by atoms with Crippen LogP contribution in [0.3, 0.4) is 0 Å². The van der Waals surface area contributed by atoms with Gasteiger partial charge in [-0.1, -0.05) is 6.07 Å². The predicted octanol–water partition coefficient (Wildman–Crippen LogP) is 4.07. The molecular formula is C21H22N6OS. The van der Waals surface area contributed by atoms with Gasteiger partial charge in [-0.15, -0.1) is 0 Å². The highest BCUT2D eigenvalue weighted by Gasteiger charge is 2.32. The summed E-state index contributed by atoms with van der Waals surface area (Å²) in [5, 5.41) is 3.53. The Kier molecular flexibility index (Phi) is 5.44. The Hall–Kier alpha value is -3.00. The van der Waals surface area contributed by atoms with E-state index in [-0.39, 0.29) is 5.91 Å². The fraction of sp³-hybridized carbons (Fsp3) is 0.286. The molecule has 29 heavy (non-hydrogen) atoms. The summed E-state index contributed by atoms with van der Waals surface area (Å²) in [6, 6.07) is 9.31. The van der Waals surface area contributed by atoms with Crippen molar-refractivity contribution in [1.82, 2.24) is 19.9 Å². The number of amides is 1. The molecule has 0 bridgehead atoms. The van der Waals surface area contributed by atoms with Crippen LogP contribution in [0.2, 0.25) is 0 Å². The number of carbonyl (C=O) groups is 1. The molecule has 0 radical (unpaired) electrons. The maximum absolute atomic E-state index is 12.9. The van der Waals surface area contributed by atoms with Gasteiger partial charge in [0.25, 0.3) is 0 Å². The second-order valence-electron chi connectivity index (χ2n) is 7.44. The molecule has 0 atom stereocenters. The molecule has 4 rings (SSSR count). The van der Waals surface area contributed by atoms with Crippen molar-refractivity contribution in [3.05, 3.63) is 60.8 Å². The van der Waals surface area contributed by atoms with Crippen molar-refractivity contribution in [2.45, 2.75) is 37.4 Å². The van der Waals surface area contributed by atoms with E-state index in [1.165, 1.54) is 12.8 Å². The van der Waals surface area contributed by atoms with Crippen molar-refractivity contribution in [2.24, 2.45) is 0 Å². The van der Waals surface area contributed by atoms with E-state index in [1.54, 1.807) is 48.9 Å². The smallest absolute Gasteiger partial charge is 0.237 e. The third-order valence-corrected chi connectivity index (χ3v) is 5.81. The van der Waals surface area contributed by atoms with E-state index in [4.69, 9.17) is 0 Å². The zero-order valence-corrected chi connectivity index (χ0v) is 17.1. The number of anilines is 2. The van der Waals surface area contributed by atoms with Crippen LogP contribution < -0.4 is 10.0 Å². The fourth-order valence-corrected chi connectivity index (χ4v) is 3.38. The lowest BCUT2D eigenvalue weighted by molar-refractivity contribution is -0.120. The van der Waals surface area contributed by atoms with Crippen molar-refractivity contribution in [2.75, 3.05) is 10.0 Å². The first kappa shape index (κ1) is 19.3. The first-order valence-electron chi connectivity index (χ1n) is 9.45. The summed E-state index contributed by atoms with van der Waals surface area (Å²) in [6.07, 6.45) is 9.35. The predicted molar refractivity (Wildman–Crippen MR) is 115 cm³/mol. The lowest BCUT2D eigenvalue weighted by Gasteiger charge is -2.23. The van der Waals surface area contributed by atoms with Crippen molar-refractivity contribution in [3.63, 3.8) is 0 Å². The Labute approximate surface area is 173 Å². The molecule has 1 amide bonds. The molecular weight excluding hydrogens is 384 g/mol. The lowest BCUT2D eigenvalue weighted by atomic mass is 9.88. The summed E-state index contributed by atoms with van der Waals surface area (Å²) in [6.45, 7) is 3.68. The normalized spacial score (nSPS) is 13.7. The molecule has 0 aromatic carbocycles. The Bertz CT molecular complexity index is 990. The van der Waals surface area contributed by atoms with E-state index in [2.05, 4.69) is 30.0 Å². The van der Waals surface area contributed by atoms with Gasteiger partial charge in [-0.25, -0.2) is 15.0 Å². The fourth-order valence-electron chi connectivity index (χ4n) is 2.64. The molecule has 2 N–H and O–H groups in total. The number of pyridine rings is 2. The van der Waals surface area contributed by atoms with Crippen molar-refractivity contribution in [1.29, 1.82) is 0 Å². The van der Waals surface area contributed by atoms with Gasteiger partial charge in [-0.3, -0.25) is 14.5 Å². The van der Waals surface area contributed by atoms with Crippen molar-refractivity contribution >= 4 is 29.6 Å². The van der Waals surface area contributed by atoms with Crippen LogP contribution in [-0.2, 0) is 10.2 Å². The molecule has 3 aromatic heterocycles. The largest absolute Gasteiger partial charge is 0.310 e. The minimum Gasteiger partial charge on any atom is -0.310 e. The third-order valence-electron chi connectivity index (χ3n) is 4.70. The molecule has 1 fully saturated rings. The number of rotatable bonds is 7. The summed E-state index contributed by atoms with van der Waals surface area (Å²) < 4.78 is 3.17. The summed E-state index contributed by atoms with van der Waals surface area (Å²) in [5.41, 5.74) is 1.72. The van der Waals surface area contributed by atoms with Gasteiger partial charge in [-0.05, 0) is 62.9 Å². The summed E-state index contributed by atoms with van der Waals surface area (Å²) in [7, 11) is 0. The molecule has 0 unspecified atom stereocenters. The van der Waals surface area contributed by atoms with Crippen LogP contribution in [0.1, 0.15) is 32.4 Å². The molecule has 0 aliphatic heterocycles. The first-order valence-corrected chi connectivity index (χ1v) is 10.3. The minimum absolute atomic E-state index is 0.182. The average molecular weight is 407 g/mol. The number of nitrogens with one attached hydrogen (secondary N) is 2. The number of hydrogen-bond acceptors (Lipinski definition) is 7. The number of hydrogen-bond donors (Lipinski definition) is 2. The summed E-state index contributed by atoms with van der Waals surface area (Å²) >= 11 is 1.64. The zero-order chi connectivity index (χ0) is 20.3. The van der Waals surface area contributed by atoms with Crippen LogP contribution in [0.25, 0.3) is 11.1 Å². The Morgan fingerprint density at radius 2 is 1.90 bits per heavy atom. The van der Waals surface area contributed by atoms with Gasteiger partial charge < -0.3 is 5.32 Å². The van der Waals surface area contributed by atoms with Gasteiger partial charge in [0.1, 0.15) is 5.82 Å². The number of nitrogens with zero attached hydrogens (tertiary/aromatic N) is 4. The highest BCUT2D eigenvalue weighted by molar-refractivity contribution is 8.01. The second kappa shape index (κ2) is 8.16. The van der Waals surface area contributed by atoms with Gasteiger partial charge >= 0.3 is 0 Å². The van der Waals surface area contributed by atoms with E-state index in [0.29, 0.717) is 22.7 Å². The first-order chi connectivity index (χ1) is 14.0. The quantitative estimate of drug-likeness (QED) is 0.571. The molecule has 1 aliphatic rings. The molecule has 3 aromatic rings.